The van der Waals surface area contributed by atoms with E-state index in [0.717, 1.165) is 6.07 Å². The van der Waals surface area contributed by atoms with Gasteiger partial charge in [0.15, 0.2) is 0 Å². The Labute approximate surface area is 80.9 Å². The molecule has 14 heavy (non-hydrogen) atoms. The summed E-state index contributed by atoms with van der Waals surface area (Å²) in [6.07, 6.45) is 0. The summed E-state index contributed by atoms with van der Waals surface area (Å²) in [5.74, 6) is -1.07. The van der Waals surface area contributed by atoms with Gasteiger partial charge in [-0.15, -0.1) is 0 Å². The van der Waals surface area contributed by atoms with Crippen molar-refractivity contribution in [2.45, 2.75) is 12.6 Å². The molecule has 0 unspecified atom stereocenters. The van der Waals surface area contributed by atoms with E-state index in [-0.39, 0.29) is 0 Å². The van der Waals surface area contributed by atoms with Crippen LogP contribution in [0.25, 0.3) is 0 Å². The lowest BCUT2D eigenvalue weighted by Crippen LogP contribution is -2.45. The molecule has 2 rings (SSSR count). The van der Waals surface area contributed by atoms with Crippen LogP contribution in [-0.4, -0.2) is 19.3 Å². The van der Waals surface area contributed by atoms with E-state index in [1.165, 1.54) is 12.1 Å². The molecular weight excluding hydrogens is 188 g/mol. The molecule has 0 aromatic heterocycles. The van der Waals surface area contributed by atoms with Crippen LogP contribution >= 0.6 is 0 Å². The van der Waals surface area contributed by atoms with Crippen molar-refractivity contribution in [1.29, 1.82) is 0 Å². The predicted octanol–water partition coefficient (Wildman–Crippen LogP) is 1.45. The van der Waals surface area contributed by atoms with Gasteiger partial charge in [-0.25, -0.2) is 8.78 Å². The molecule has 2 nitrogen and oxygen atoms in total. The number of nitrogens with one attached hydrogen (secondary N) is 1. The zero-order valence-electron chi connectivity index (χ0n) is 7.59. The summed E-state index contributed by atoms with van der Waals surface area (Å²) >= 11 is 0. The first-order valence-corrected chi connectivity index (χ1v) is 4.50. The van der Waals surface area contributed by atoms with Crippen molar-refractivity contribution in [2.75, 3.05) is 13.2 Å². The minimum Gasteiger partial charge on any atom is -0.378 e. The molecule has 0 spiro atoms. The van der Waals surface area contributed by atoms with Gasteiger partial charge in [0, 0.05) is 12.6 Å². The van der Waals surface area contributed by atoms with Crippen molar-refractivity contribution in [1.82, 2.24) is 5.32 Å². The third kappa shape index (κ3) is 2.27. The summed E-state index contributed by atoms with van der Waals surface area (Å²) in [4.78, 5) is 0. The van der Waals surface area contributed by atoms with Gasteiger partial charge in [0.2, 0.25) is 0 Å². The van der Waals surface area contributed by atoms with Crippen molar-refractivity contribution in [3.05, 3.63) is 35.4 Å². The van der Waals surface area contributed by atoms with Crippen molar-refractivity contribution < 1.29 is 13.5 Å². The standard InChI is InChI=1S/C10H11F2NO/c11-8-1-7(2-9(12)3-8)4-13-10-5-14-6-10/h1-3,10,13H,4-6H2. The molecule has 1 heterocycles. The Bertz CT molecular complexity index is 306. The molecule has 0 atom stereocenters. The predicted molar refractivity (Wildman–Crippen MR) is 47.8 cm³/mol. The fourth-order valence-corrected chi connectivity index (χ4v) is 1.33. The van der Waals surface area contributed by atoms with Gasteiger partial charge in [0.1, 0.15) is 11.6 Å². The van der Waals surface area contributed by atoms with Crippen LogP contribution in [0.15, 0.2) is 18.2 Å². The molecule has 4 heteroatoms. The average molecular weight is 199 g/mol. The van der Waals surface area contributed by atoms with E-state index in [2.05, 4.69) is 5.32 Å². The second-order valence-electron chi connectivity index (χ2n) is 3.39. The van der Waals surface area contributed by atoms with Crippen LogP contribution < -0.4 is 5.32 Å². The van der Waals surface area contributed by atoms with Crippen LogP contribution in [-0.2, 0) is 11.3 Å². The summed E-state index contributed by atoms with van der Waals surface area (Å²) in [5.41, 5.74) is 0.620. The summed E-state index contributed by atoms with van der Waals surface area (Å²) < 4.78 is 30.5. The van der Waals surface area contributed by atoms with Crippen molar-refractivity contribution in [3.63, 3.8) is 0 Å². The maximum absolute atomic E-state index is 12.8. The summed E-state index contributed by atoms with van der Waals surface area (Å²) in [7, 11) is 0. The summed E-state index contributed by atoms with van der Waals surface area (Å²) in [6, 6.07) is 3.85. The van der Waals surface area contributed by atoms with E-state index in [0.29, 0.717) is 31.4 Å². The molecule has 1 aliphatic rings. The lowest BCUT2D eigenvalue weighted by molar-refractivity contribution is -0.00579. The largest absolute Gasteiger partial charge is 0.378 e. The Hall–Kier alpha value is -1.00. The zero-order valence-corrected chi connectivity index (χ0v) is 7.59. The van der Waals surface area contributed by atoms with Crippen LogP contribution in [0.2, 0.25) is 0 Å². The molecule has 0 radical (unpaired) electrons. The van der Waals surface area contributed by atoms with E-state index in [1.54, 1.807) is 0 Å². The topological polar surface area (TPSA) is 21.3 Å². The molecule has 1 fully saturated rings. The summed E-state index contributed by atoms with van der Waals surface area (Å²) in [6.45, 7) is 1.83. The van der Waals surface area contributed by atoms with Gasteiger partial charge in [-0.2, -0.15) is 0 Å². The number of hydrogen-bond donors (Lipinski definition) is 1. The number of halogens is 2. The Morgan fingerprint density at radius 3 is 2.36 bits per heavy atom. The minimum atomic E-state index is -0.536. The van der Waals surface area contributed by atoms with Crippen LogP contribution in [0.1, 0.15) is 5.56 Å². The first-order chi connectivity index (χ1) is 6.74. The molecule has 0 saturated carbocycles. The number of rotatable bonds is 3. The van der Waals surface area contributed by atoms with Crippen molar-refractivity contribution in [2.24, 2.45) is 0 Å². The fourth-order valence-electron chi connectivity index (χ4n) is 1.33. The lowest BCUT2D eigenvalue weighted by Gasteiger charge is -2.26. The third-order valence-corrected chi connectivity index (χ3v) is 2.16. The van der Waals surface area contributed by atoms with Gasteiger partial charge in [-0.3, -0.25) is 0 Å². The van der Waals surface area contributed by atoms with E-state index < -0.39 is 11.6 Å². The smallest absolute Gasteiger partial charge is 0.126 e. The molecule has 0 amide bonds. The maximum atomic E-state index is 12.8. The van der Waals surface area contributed by atoms with E-state index >= 15 is 0 Å². The maximum Gasteiger partial charge on any atom is 0.126 e. The summed E-state index contributed by atoms with van der Waals surface area (Å²) in [5, 5.41) is 3.13. The molecule has 1 aromatic carbocycles. The SMILES string of the molecule is Fc1cc(F)cc(CNC2COC2)c1. The van der Waals surface area contributed by atoms with Gasteiger partial charge in [0.05, 0.1) is 19.3 Å². The van der Waals surface area contributed by atoms with Crippen molar-refractivity contribution in [3.8, 4) is 0 Å². The fraction of sp³-hybridized carbons (Fsp3) is 0.400. The first-order valence-electron chi connectivity index (χ1n) is 4.50. The molecule has 1 saturated heterocycles. The molecule has 1 aliphatic heterocycles. The van der Waals surface area contributed by atoms with Gasteiger partial charge in [0.25, 0.3) is 0 Å². The Kier molecular flexibility index (Phi) is 2.74. The number of benzene rings is 1. The Morgan fingerprint density at radius 2 is 1.86 bits per heavy atom. The van der Waals surface area contributed by atoms with Gasteiger partial charge < -0.3 is 10.1 Å². The van der Waals surface area contributed by atoms with Gasteiger partial charge in [-0.1, -0.05) is 0 Å². The molecule has 1 N–H and O–H groups in total. The highest BCUT2D eigenvalue weighted by atomic mass is 19.1. The Balaban J connectivity index is 1.94. The van der Waals surface area contributed by atoms with Gasteiger partial charge >= 0.3 is 0 Å². The van der Waals surface area contributed by atoms with E-state index in [9.17, 15) is 8.78 Å². The molecule has 0 bridgehead atoms. The van der Waals surface area contributed by atoms with Crippen molar-refractivity contribution >= 4 is 0 Å². The second-order valence-corrected chi connectivity index (χ2v) is 3.39. The normalized spacial score (nSPS) is 16.7. The molecule has 1 aromatic rings. The van der Waals surface area contributed by atoms with Gasteiger partial charge in [-0.05, 0) is 17.7 Å². The number of ether oxygens (including phenoxy) is 1. The Morgan fingerprint density at radius 1 is 1.21 bits per heavy atom. The first kappa shape index (κ1) is 9.55. The minimum absolute atomic E-state index is 0.321. The molecular formula is C10H11F2NO. The number of hydrogen-bond acceptors (Lipinski definition) is 2. The average Bonchev–Trinajstić information content (AvgIpc) is 1.99. The van der Waals surface area contributed by atoms with Crippen LogP contribution in [0.4, 0.5) is 8.78 Å². The van der Waals surface area contributed by atoms with Crippen LogP contribution in [0.3, 0.4) is 0 Å². The van der Waals surface area contributed by atoms with E-state index in [4.69, 9.17) is 4.74 Å². The van der Waals surface area contributed by atoms with E-state index in [1.807, 2.05) is 0 Å². The van der Waals surface area contributed by atoms with Crippen LogP contribution in [0, 0.1) is 11.6 Å². The van der Waals surface area contributed by atoms with Crippen LogP contribution in [0.5, 0.6) is 0 Å². The monoisotopic (exact) mass is 199 g/mol. The quantitative estimate of drug-likeness (QED) is 0.795. The lowest BCUT2D eigenvalue weighted by atomic mass is 10.2. The molecule has 0 aliphatic carbocycles. The highest BCUT2D eigenvalue weighted by Crippen LogP contribution is 2.09. The third-order valence-electron chi connectivity index (χ3n) is 2.16. The molecule has 76 valence electrons. The highest BCUT2D eigenvalue weighted by Gasteiger charge is 2.17. The second kappa shape index (κ2) is 4.02. The highest BCUT2D eigenvalue weighted by molar-refractivity contribution is 5.17. The zero-order chi connectivity index (χ0) is 9.97.